The summed E-state index contributed by atoms with van der Waals surface area (Å²) >= 11 is 0. The van der Waals surface area contributed by atoms with Crippen LogP contribution in [0.3, 0.4) is 0 Å². The minimum absolute atomic E-state index is 0.358. The van der Waals surface area contributed by atoms with Crippen LogP contribution < -0.4 is 15.6 Å². The van der Waals surface area contributed by atoms with Gasteiger partial charge in [0.15, 0.2) is 6.10 Å². The Morgan fingerprint density at radius 3 is 2.59 bits per heavy atom. The van der Waals surface area contributed by atoms with Gasteiger partial charge in [-0.3, -0.25) is 25.3 Å². The number of hydrogen-bond acceptors (Lipinski definition) is 5. The van der Waals surface area contributed by atoms with Crippen LogP contribution >= 0.6 is 0 Å². The summed E-state index contributed by atoms with van der Waals surface area (Å²) in [5.41, 5.74) is 6.20. The third-order valence-electron chi connectivity index (χ3n) is 4.49. The second-order valence-electron chi connectivity index (χ2n) is 6.75. The number of nitrogens with one attached hydrogen (secondary N) is 2. The average molecular weight is 401 g/mol. The van der Waals surface area contributed by atoms with Gasteiger partial charge in [0, 0.05) is 25.2 Å². The Kier molecular flexibility index (Phi) is 7.15. The lowest BCUT2D eigenvalue weighted by Crippen LogP contribution is -2.47. The predicted molar refractivity (Wildman–Crippen MR) is 105 cm³/mol. The normalized spacial score (nSPS) is 15.4. The van der Waals surface area contributed by atoms with Crippen LogP contribution in [0.15, 0.2) is 48.5 Å². The minimum Gasteiger partial charge on any atom is -0.481 e. The molecule has 0 aromatic heterocycles. The maximum atomic E-state index is 12.9. The fourth-order valence-electron chi connectivity index (χ4n) is 2.89. The molecule has 1 unspecified atom stereocenters. The molecule has 0 saturated carbocycles. The molecule has 2 aromatic carbocycles. The van der Waals surface area contributed by atoms with E-state index in [1.165, 1.54) is 31.2 Å². The van der Waals surface area contributed by atoms with Crippen molar-refractivity contribution < 1.29 is 23.5 Å². The number of rotatable bonds is 6. The van der Waals surface area contributed by atoms with E-state index in [1.807, 2.05) is 12.1 Å². The van der Waals surface area contributed by atoms with Crippen molar-refractivity contribution in [2.75, 3.05) is 26.3 Å². The van der Waals surface area contributed by atoms with Gasteiger partial charge in [0.25, 0.3) is 11.8 Å². The molecule has 1 fully saturated rings. The second-order valence-corrected chi connectivity index (χ2v) is 6.75. The van der Waals surface area contributed by atoms with E-state index in [0.29, 0.717) is 24.5 Å². The first-order valence-electron chi connectivity index (χ1n) is 9.43. The molecular weight excluding hydrogens is 377 g/mol. The predicted octanol–water partition coefficient (Wildman–Crippen LogP) is 1.89. The van der Waals surface area contributed by atoms with Gasteiger partial charge < -0.3 is 9.47 Å². The van der Waals surface area contributed by atoms with Crippen molar-refractivity contribution in [3.05, 3.63) is 65.5 Å². The molecule has 2 N–H and O–H groups in total. The molecular formula is C21H24FN3O4. The summed E-state index contributed by atoms with van der Waals surface area (Å²) in [7, 11) is 0. The Morgan fingerprint density at radius 1 is 1.14 bits per heavy atom. The van der Waals surface area contributed by atoms with E-state index in [-0.39, 0.29) is 0 Å². The molecule has 0 radical (unpaired) electrons. The largest absolute Gasteiger partial charge is 0.481 e. The Balaban J connectivity index is 1.49. The van der Waals surface area contributed by atoms with Gasteiger partial charge >= 0.3 is 0 Å². The fraction of sp³-hybridized carbons (Fsp3) is 0.333. The molecule has 0 spiro atoms. The number of carbonyl (C=O) groups excluding carboxylic acids is 2. The molecule has 1 atom stereocenters. The Labute approximate surface area is 168 Å². The second kappa shape index (κ2) is 9.99. The van der Waals surface area contributed by atoms with Gasteiger partial charge in [-0.05, 0) is 48.9 Å². The van der Waals surface area contributed by atoms with Crippen LogP contribution in [0, 0.1) is 5.82 Å². The van der Waals surface area contributed by atoms with E-state index in [2.05, 4.69) is 15.8 Å². The number of halogens is 1. The molecule has 0 bridgehead atoms. The van der Waals surface area contributed by atoms with Crippen molar-refractivity contribution in [2.45, 2.75) is 19.6 Å². The lowest BCUT2D eigenvalue weighted by Gasteiger charge is -2.26. The number of morpholine rings is 1. The highest BCUT2D eigenvalue weighted by Crippen LogP contribution is 2.13. The summed E-state index contributed by atoms with van der Waals surface area (Å²) in [5.74, 6) is -0.975. The van der Waals surface area contributed by atoms with Gasteiger partial charge in [0.2, 0.25) is 0 Å². The van der Waals surface area contributed by atoms with Crippen molar-refractivity contribution in [3.8, 4) is 5.75 Å². The summed E-state index contributed by atoms with van der Waals surface area (Å²) in [6, 6.07) is 12.6. The summed E-state index contributed by atoms with van der Waals surface area (Å²) in [6.45, 7) is 5.42. The molecule has 1 saturated heterocycles. The third kappa shape index (κ3) is 6.27. The van der Waals surface area contributed by atoms with Gasteiger partial charge in [0.05, 0.1) is 13.2 Å². The average Bonchev–Trinajstić information content (AvgIpc) is 2.74. The van der Waals surface area contributed by atoms with Crippen molar-refractivity contribution >= 4 is 11.8 Å². The van der Waals surface area contributed by atoms with Crippen LogP contribution in [0.2, 0.25) is 0 Å². The topological polar surface area (TPSA) is 79.9 Å². The van der Waals surface area contributed by atoms with Crippen molar-refractivity contribution in [3.63, 3.8) is 0 Å². The zero-order valence-electron chi connectivity index (χ0n) is 16.2. The van der Waals surface area contributed by atoms with E-state index in [1.54, 1.807) is 12.1 Å². The van der Waals surface area contributed by atoms with Crippen LogP contribution in [-0.4, -0.2) is 49.1 Å². The molecule has 2 aromatic rings. The third-order valence-corrected chi connectivity index (χ3v) is 4.49. The summed E-state index contributed by atoms with van der Waals surface area (Å²) in [6.07, 6.45) is -0.867. The molecule has 1 aliphatic heterocycles. The molecule has 29 heavy (non-hydrogen) atoms. The summed E-state index contributed by atoms with van der Waals surface area (Å²) in [4.78, 5) is 26.8. The van der Waals surface area contributed by atoms with Crippen molar-refractivity contribution in [2.24, 2.45) is 0 Å². The Bertz CT molecular complexity index is 838. The number of hydrazine groups is 1. The summed E-state index contributed by atoms with van der Waals surface area (Å²) in [5, 5.41) is 0. The molecule has 154 valence electrons. The Hall–Kier alpha value is -2.97. The van der Waals surface area contributed by atoms with Crippen LogP contribution in [0.25, 0.3) is 0 Å². The van der Waals surface area contributed by atoms with Crippen LogP contribution in [0.4, 0.5) is 4.39 Å². The first kappa shape index (κ1) is 20.8. The molecule has 2 amide bonds. The molecule has 1 heterocycles. The number of benzene rings is 2. The molecule has 0 aliphatic carbocycles. The lowest BCUT2D eigenvalue weighted by molar-refractivity contribution is -0.128. The van der Waals surface area contributed by atoms with Gasteiger partial charge in [-0.15, -0.1) is 0 Å². The van der Waals surface area contributed by atoms with Gasteiger partial charge in [-0.1, -0.05) is 12.1 Å². The quantitative estimate of drug-likeness (QED) is 0.723. The number of amides is 2. The van der Waals surface area contributed by atoms with Crippen LogP contribution in [0.5, 0.6) is 5.75 Å². The first-order chi connectivity index (χ1) is 14.0. The van der Waals surface area contributed by atoms with E-state index in [0.717, 1.165) is 25.2 Å². The van der Waals surface area contributed by atoms with Crippen molar-refractivity contribution in [1.29, 1.82) is 0 Å². The van der Waals surface area contributed by atoms with Crippen LogP contribution in [0.1, 0.15) is 22.8 Å². The SMILES string of the molecule is CC(Oc1ccc(F)cc1)C(=O)NNC(=O)c1cccc(CN2CCOCC2)c1. The maximum absolute atomic E-state index is 12.9. The highest BCUT2D eigenvalue weighted by Gasteiger charge is 2.17. The molecule has 7 nitrogen and oxygen atoms in total. The zero-order chi connectivity index (χ0) is 20.6. The van der Waals surface area contributed by atoms with Crippen molar-refractivity contribution in [1.82, 2.24) is 15.8 Å². The van der Waals surface area contributed by atoms with E-state index in [4.69, 9.17) is 9.47 Å². The number of ether oxygens (including phenoxy) is 2. The van der Waals surface area contributed by atoms with E-state index < -0.39 is 23.7 Å². The number of nitrogens with zero attached hydrogens (tertiary/aromatic N) is 1. The number of carbonyl (C=O) groups is 2. The molecule has 1 aliphatic rings. The van der Waals surface area contributed by atoms with E-state index in [9.17, 15) is 14.0 Å². The minimum atomic E-state index is -0.867. The van der Waals surface area contributed by atoms with Crippen LogP contribution in [-0.2, 0) is 16.1 Å². The monoisotopic (exact) mass is 401 g/mol. The number of hydrogen-bond donors (Lipinski definition) is 2. The van der Waals surface area contributed by atoms with Gasteiger partial charge in [-0.25, -0.2) is 4.39 Å². The zero-order valence-corrected chi connectivity index (χ0v) is 16.2. The smallest absolute Gasteiger partial charge is 0.279 e. The lowest BCUT2D eigenvalue weighted by atomic mass is 10.1. The summed E-state index contributed by atoms with van der Waals surface area (Å²) < 4.78 is 23.7. The molecule has 8 heteroatoms. The molecule has 3 rings (SSSR count). The maximum Gasteiger partial charge on any atom is 0.279 e. The highest BCUT2D eigenvalue weighted by atomic mass is 19.1. The highest BCUT2D eigenvalue weighted by molar-refractivity contribution is 5.95. The standard InChI is InChI=1S/C21H24FN3O4/c1-15(29-19-7-5-18(22)6-8-19)20(26)23-24-21(27)17-4-2-3-16(13-17)14-25-9-11-28-12-10-25/h2-8,13,15H,9-12,14H2,1H3,(H,23,26)(H,24,27). The van der Waals surface area contributed by atoms with E-state index >= 15 is 0 Å². The Morgan fingerprint density at radius 2 is 1.86 bits per heavy atom. The fourth-order valence-corrected chi connectivity index (χ4v) is 2.89. The van der Waals surface area contributed by atoms with Gasteiger partial charge in [0.1, 0.15) is 11.6 Å². The van der Waals surface area contributed by atoms with Gasteiger partial charge in [-0.2, -0.15) is 0 Å². The first-order valence-corrected chi connectivity index (χ1v) is 9.43.